The lowest BCUT2D eigenvalue weighted by Gasteiger charge is -2.34. The molecule has 2 aliphatic rings. The van der Waals surface area contributed by atoms with Crippen molar-refractivity contribution >= 4 is 10.0 Å². The molecule has 1 aliphatic carbocycles. The molecule has 0 atom stereocenters. The number of piperidine rings is 1. The first-order valence-electron chi connectivity index (χ1n) is 6.71. The third-order valence-corrected chi connectivity index (χ3v) is 6.15. The number of sulfonamides is 1. The van der Waals surface area contributed by atoms with Crippen molar-refractivity contribution in [1.29, 1.82) is 0 Å². The quantitative estimate of drug-likeness (QED) is 0.799. The Hall–Kier alpha value is -0.130. The highest BCUT2D eigenvalue weighted by Gasteiger charge is 2.32. The van der Waals surface area contributed by atoms with Crippen LogP contribution in [0.15, 0.2) is 0 Å². The third-order valence-electron chi connectivity index (χ3n) is 4.25. The maximum absolute atomic E-state index is 12.1. The van der Waals surface area contributed by atoms with Gasteiger partial charge in [0.1, 0.15) is 0 Å². The van der Waals surface area contributed by atoms with Crippen LogP contribution in [-0.2, 0) is 10.0 Å². The number of hydrogen-bond donors (Lipinski definition) is 2. The molecule has 0 radical (unpaired) electrons. The summed E-state index contributed by atoms with van der Waals surface area (Å²) in [6.45, 7) is 4.79. The third kappa shape index (κ3) is 3.42. The van der Waals surface area contributed by atoms with Crippen LogP contribution < -0.4 is 10.0 Å². The minimum absolute atomic E-state index is 0.132. The van der Waals surface area contributed by atoms with E-state index in [1.807, 2.05) is 0 Å². The molecule has 1 saturated heterocycles. The predicted molar refractivity (Wildman–Crippen MR) is 69.4 cm³/mol. The molecule has 100 valence electrons. The molecule has 0 aromatic carbocycles. The van der Waals surface area contributed by atoms with Crippen molar-refractivity contribution in [3.8, 4) is 0 Å². The summed E-state index contributed by atoms with van der Waals surface area (Å²) in [6.07, 6.45) is 5.92. The summed E-state index contributed by atoms with van der Waals surface area (Å²) < 4.78 is 27.0. The predicted octanol–water partition coefficient (Wildman–Crippen LogP) is 1.24. The highest BCUT2D eigenvalue weighted by atomic mass is 32.2. The van der Waals surface area contributed by atoms with E-state index < -0.39 is 10.0 Å². The lowest BCUT2D eigenvalue weighted by Crippen LogP contribution is -2.44. The zero-order chi connectivity index (χ0) is 12.4. The van der Waals surface area contributed by atoms with Crippen LogP contribution in [-0.4, -0.2) is 33.3 Å². The molecular weight excluding hydrogens is 236 g/mol. The van der Waals surface area contributed by atoms with Crippen LogP contribution in [0.1, 0.15) is 45.4 Å². The van der Waals surface area contributed by atoms with E-state index in [2.05, 4.69) is 17.0 Å². The maximum Gasteiger partial charge on any atom is 0.214 e. The highest BCUT2D eigenvalue weighted by molar-refractivity contribution is 7.90. The van der Waals surface area contributed by atoms with Gasteiger partial charge in [-0.3, -0.25) is 0 Å². The van der Waals surface area contributed by atoms with Gasteiger partial charge in [0.25, 0.3) is 0 Å². The second-order valence-electron chi connectivity index (χ2n) is 5.83. The molecule has 0 amide bonds. The standard InChI is InChI=1S/C12H24N2O2S/c1-12(6-8-13-9-7-12)10-14-17(15,16)11-4-2-3-5-11/h11,13-14H,2-10H2,1H3. The molecule has 0 aromatic rings. The van der Waals surface area contributed by atoms with Crippen molar-refractivity contribution in [1.82, 2.24) is 10.0 Å². The topological polar surface area (TPSA) is 58.2 Å². The largest absolute Gasteiger partial charge is 0.317 e. The van der Waals surface area contributed by atoms with Gasteiger partial charge in [0.2, 0.25) is 10.0 Å². The zero-order valence-electron chi connectivity index (χ0n) is 10.7. The van der Waals surface area contributed by atoms with Gasteiger partial charge in [-0.1, -0.05) is 19.8 Å². The summed E-state index contributed by atoms with van der Waals surface area (Å²) in [7, 11) is -3.07. The van der Waals surface area contributed by atoms with Gasteiger partial charge >= 0.3 is 0 Å². The van der Waals surface area contributed by atoms with E-state index in [0.29, 0.717) is 6.54 Å². The summed E-state index contributed by atoms with van der Waals surface area (Å²) in [6, 6.07) is 0. The second kappa shape index (κ2) is 5.24. The summed E-state index contributed by atoms with van der Waals surface area (Å²) in [5, 5.41) is 3.18. The van der Waals surface area contributed by atoms with Gasteiger partial charge in [0.15, 0.2) is 0 Å². The van der Waals surface area contributed by atoms with Gasteiger partial charge in [-0.05, 0) is 44.2 Å². The van der Waals surface area contributed by atoms with E-state index in [9.17, 15) is 8.42 Å². The first-order valence-corrected chi connectivity index (χ1v) is 8.26. The molecule has 1 saturated carbocycles. The molecular formula is C12H24N2O2S. The van der Waals surface area contributed by atoms with Crippen LogP contribution in [0.5, 0.6) is 0 Å². The maximum atomic E-state index is 12.1. The van der Waals surface area contributed by atoms with Crippen LogP contribution in [0.25, 0.3) is 0 Å². The molecule has 4 nitrogen and oxygen atoms in total. The Bertz CT molecular complexity index is 342. The molecule has 0 unspecified atom stereocenters. The first kappa shape index (κ1) is 13.3. The number of nitrogens with one attached hydrogen (secondary N) is 2. The fourth-order valence-corrected chi connectivity index (χ4v) is 4.54. The molecule has 2 N–H and O–H groups in total. The molecule has 17 heavy (non-hydrogen) atoms. The van der Waals surface area contributed by atoms with Gasteiger partial charge in [-0.25, -0.2) is 13.1 Å². The monoisotopic (exact) mass is 260 g/mol. The highest BCUT2D eigenvalue weighted by Crippen LogP contribution is 2.28. The van der Waals surface area contributed by atoms with E-state index in [0.717, 1.165) is 51.6 Å². The van der Waals surface area contributed by atoms with E-state index in [-0.39, 0.29) is 10.7 Å². The summed E-state index contributed by atoms with van der Waals surface area (Å²) in [4.78, 5) is 0. The Morgan fingerprint density at radius 3 is 2.41 bits per heavy atom. The van der Waals surface area contributed by atoms with Gasteiger partial charge in [0.05, 0.1) is 5.25 Å². The minimum Gasteiger partial charge on any atom is -0.317 e. The molecule has 1 heterocycles. The van der Waals surface area contributed by atoms with Crippen LogP contribution >= 0.6 is 0 Å². The molecule has 1 aliphatic heterocycles. The Morgan fingerprint density at radius 1 is 1.24 bits per heavy atom. The average Bonchev–Trinajstić information content (AvgIpc) is 2.82. The van der Waals surface area contributed by atoms with Crippen molar-refractivity contribution in [2.24, 2.45) is 5.41 Å². The van der Waals surface area contributed by atoms with Crippen molar-refractivity contribution in [2.75, 3.05) is 19.6 Å². The van der Waals surface area contributed by atoms with Gasteiger partial charge < -0.3 is 5.32 Å². The fourth-order valence-electron chi connectivity index (χ4n) is 2.80. The van der Waals surface area contributed by atoms with Crippen LogP contribution in [0.2, 0.25) is 0 Å². The van der Waals surface area contributed by atoms with E-state index in [1.54, 1.807) is 0 Å². The van der Waals surface area contributed by atoms with Gasteiger partial charge in [-0.2, -0.15) is 0 Å². The van der Waals surface area contributed by atoms with Crippen molar-refractivity contribution in [3.63, 3.8) is 0 Å². The van der Waals surface area contributed by atoms with E-state index >= 15 is 0 Å². The Balaban J connectivity index is 1.88. The Morgan fingerprint density at radius 2 is 1.82 bits per heavy atom. The normalized spacial score (nSPS) is 26.2. The molecule has 0 aromatic heterocycles. The smallest absolute Gasteiger partial charge is 0.214 e. The average molecular weight is 260 g/mol. The Kier molecular flexibility index (Phi) is 4.10. The zero-order valence-corrected chi connectivity index (χ0v) is 11.5. The van der Waals surface area contributed by atoms with E-state index in [4.69, 9.17) is 0 Å². The van der Waals surface area contributed by atoms with Crippen molar-refractivity contribution in [3.05, 3.63) is 0 Å². The Labute approximate surface area is 105 Å². The van der Waals surface area contributed by atoms with Crippen molar-refractivity contribution in [2.45, 2.75) is 50.7 Å². The first-order chi connectivity index (χ1) is 8.02. The summed E-state index contributed by atoms with van der Waals surface area (Å²) >= 11 is 0. The van der Waals surface area contributed by atoms with E-state index in [1.165, 1.54) is 0 Å². The number of rotatable bonds is 4. The van der Waals surface area contributed by atoms with Crippen LogP contribution in [0.3, 0.4) is 0 Å². The molecule has 2 rings (SSSR count). The van der Waals surface area contributed by atoms with Crippen LogP contribution in [0.4, 0.5) is 0 Å². The summed E-state index contributed by atoms with van der Waals surface area (Å²) in [5.41, 5.74) is 0.136. The number of hydrogen-bond acceptors (Lipinski definition) is 3. The molecule has 5 heteroatoms. The van der Waals surface area contributed by atoms with Gasteiger partial charge in [0, 0.05) is 6.54 Å². The van der Waals surface area contributed by atoms with Crippen molar-refractivity contribution < 1.29 is 8.42 Å². The summed E-state index contributed by atoms with van der Waals surface area (Å²) in [5.74, 6) is 0. The second-order valence-corrected chi connectivity index (χ2v) is 7.88. The van der Waals surface area contributed by atoms with Gasteiger partial charge in [-0.15, -0.1) is 0 Å². The molecule has 0 spiro atoms. The molecule has 2 fully saturated rings. The lowest BCUT2D eigenvalue weighted by molar-refractivity contribution is 0.232. The lowest BCUT2D eigenvalue weighted by atomic mass is 9.81. The van der Waals surface area contributed by atoms with Crippen LogP contribution in [0, 0.1) is 5.41 Å². The minimum atomic E-state index is -3.07. The fraction of sp³-hybridized carbons (Fsp3) is 1.00. The SMILES string of the molecule is CC1(CNS(=O)(=O)C2CCCC2)CCNCC1. The molecule has 0 bridgehead atoms.